The van der Waals surface area contributed by atoms with Crippen LogP contribution in [0.3, 0.4) is 0 Å². The van der Waals surface area contributed by atoms with Gasteiger partial charge < -0.3 is 9.52 Å². The van der Waals surface area contributed by atoms with Crippen LogP contribution in [0, 0.1) is 0 Å². The number of aliphatic hydroxyl groups is 1. The van der Waals surface area contributed by atoms with Crippen molar-refractivity contribution in [2.45, 2.75) is 18.4 Å². The molecule has 0 fully saturated rings. The van der Waals surface area contributed by atoms with Gasteiger partial charge in [-0.1, -0.05) is 23.7 Å². The number of hydrogen-bond acceptors (Lipinski definition) is 5. The molecule has 1 atom stereocenters. The molecule has 3 aromatic rings. The maximum Gasteiger partial charge on any atom is 0.216 e. The zero-order valence-electron chi connectivity index (χ0n) is 13.1. The largest absolute Gasteiger partial charge is 0.466 e. The number of furan rings is 1. The Bertz CT molecular complexity index is 935. The van der Waals surface area contributed by atoms with E-state index in [2.05, 4.69) is 4.72 Å². The minimum Gasteiger partial charge on any atom is -0.466 e. The second kappa shape index (κ2) is 7.72. The molecule has 25 heavy (non-hydrogen) atoms. The molecule has 0 spiro atoms. The first kappa shape index (κ1) is 18.2. The van der Waals surface area contributed by atoms with E-state index in [1.807, 2.05) is 0 Å². The third-order valence-corrected chi connectivity index (χ3v) is 6.15. The first-order valence-corrected chi connectivity index (χ1v) is 10.3. The van der Waals surface area contributed by atoms with Gasteiger partial charge in [0.05, 0.1) is 12.0 Å². The van der Waals surface area contributed by atoms with E-state index in [0.29, 0.717) is 21.2 Å². The average Bonchev–Trinajstić information content (AvgIpc) is 3.24. The Hall–Kier alpha value is -1.64. The minimum absolute atomic E-state index is 0.138. The molecule has 0 aliphatic heterocycles. The topological polar surface area (TPSA) is 79.5 Å². The van der Waals surface area contributed by atoms with Crippen molar-refractivity contribution >= 4 is 33.0 Å². The molecular weight excluding hydrogens is 382 g/mol. The molecule has 2 aromatic heterocycles. The van der Waals surface area contributed by atoms with Gasteiger partial charge in [0.2, 0.25) is 10.0 Å². The highest BCUT2D eigenvalue weighted by molar-refractivity contribution is 7.88. The first-order valence-electron chi connectivity index (χ1n) is 7.45. The Morgan fingerprint density at radius 1 is 1.20 bits per heavy atom. The minimum atomic E-state index is -3.49. The lowest BCUT2D eigenvalue weighted by Crippen LogP contribution is -2.24. The van der Waals surface area contributed by atoms with Gasteiger partial charge in [0.15, 0.2) is 0 Å². The zero-order chi connectivity index (χ0) is 17.9. The van der Waals surface area contributed by atoms with Crippen LogP contribution in [0.15, 0.2) is 59.2 Å². The van der Waals surface area contributed by atoms with Crippen molar-refractivity contribution < 1.29 is 17.9 Å². The van der Waals surface area contributed by atoms with E-state index in [9.17, 15) is 13.5 Å². The van der Waals surface area contributed by atoms with Gasteiger partial charge in [-0.25, -0.2) is 13.1 Å². The van der Waals surface area contributed by atoms with Crippen LogP contribution in [0.2, 0.25) is 5.02 Å². The molecule has 5 nitrogen and oxygen atoms in total. The number of nitrogens with one attached hydrogen (secondary N) is 1. The lowest BCUT2D eigenvalue weighted by Gasteiger charge is -2.06. The number of aliphatic hydroxyl groups excluding tert-OH is 1. The van der Waals surface area contributed by atoms with Gasteiger partial charge in [-0.3, -0.25) is 0 Å². The normalized spacial score (nSPS) is 13.0. The molecular formula is C17H16ClNO4S2. The first-order chi connectivity index (χ1) is 11.9. The molecule has 0 saturated heterocycles. The number of sulfonamides is 1. The van der Waals surface area contributed by atoms with Gasteiger partial charge in [-0.05, 0) is 42.0 Å². The van der Waals surface area contributed by atoms with Crippen molar-refractivity contribution in [2.75, 3.05) is 0 Å². The van der Waals surface area contributed by atoms with Crippen molar-refractivity contribution in [1.82, 2.24) is 4.72 Å². The van der Waals surface area contributed by atoms with Gasteiger partial charge in [0.1, 0.15) is 11.9 Å². The fourth-order valence-corrected chi connectivity index (χ4v) is 4.65. The quantitative estimate of drug-likeness (QED) is 0.637. The van der Waals surface area contributed by atoms with Crippen molar-refractivity contribution in [3.05, 3.63) is 80.9 Å². The lowest BCUT2D eigenvalue weighted by atomic mass is 10.2. The van der Waals surface area contributed by atoms with E-state index < -0.39 is 16.1 Å². The number of hydrogen-bond donors (Lipinski definition) is 2. The van der Waals surface area contributed by atoms with Crippen LogP contribution in [0.5, 0.6) is 0 Å². The summed E-state index contributed by atoms with van der Waals surface area (Å²) >= 11 is 7.21. The summed E-state index contributed by atoms with van der Waals surface area (Å²) in [5.41, 5.74) is 0.625. The van der Waals surface area contributed by atoms with Crippen LogP contribution in [-0.2, 0) is 22.3 Å². The second-order valence-corrected chi connectivity index (χ2v) is 8.88. The Morgan fingerprint density at radius 2 is 2.04 bits per heavy atom. The number of benzene rings is 1. The molecule has 2 N–H and O–H groups in total. The van der Waals surface area contributed by atoms with Crippen molar-refractivity contribution in [3.8, 4) is 0 Å². The maximum atomic E-state index is 12.2. The summed E-state index contributed by atoms with van der Waals surface area (Å²) in [5, 5.41) is 10.7. The zero-order valence-corrected chi connectivity index (χ0v) is 15.4. The Kier molecular flexibility index (Phi) is 5.61. The molecule has 0 saturated carbocycles. The second-order valence-electron chi connectivity index (χ2n) is 5.43. The smallest absolute Gasteiger partial charge is 0.216 e. The predicted octanol–water partition coefficient (Wildman–Crippen LogP) is 3.70. The average molecular weight is 398 g/mol. The summed E-state index contributed by atoms with van der Waals surface area (Å²) in [4.78, 5) is 1.49. The van der Waals surface area contributed by atoms with Crippen LogP contribution in [0.1, 0.15) is 27.2 Å². The van der Waals surface area contributed by atoms with E-state index >= 15 is 0 Å². The Balaban J connectivity index is 1.61. The highest BCUT2D eigenvalue weighted by Gasteiger charge is 2.17. The Labute approximate surface area is 154 Å². The van der Waals surface area contributed by atoms with E-state index in [1.54, 1.807) is 48.5 Å². The van der Waals surface area contributed by atoms with Gasteiger partial charge in [-0.15, -0.1) is 11.3 Å². The fourth-order valence-electron chi connectivity index (χ4n) is 2.30. The lowest BCUT2D eigenvalue weighted by molar-refractivity contribution is 0.193. The van der Waals surface area contributed by atoms with Crippen LogP contribution in [0.25, 0.3) is 0 Å². The van der Waals surface area contributed by atoms with E-state index in [0.717, 1.165) is 4.88 Å². The summed E-state index contributed by atoms with van der Waals surface area (Å²) in [6.07, 6.45) is 0.647. The van der Waals surface area contributed by atoms with Crippen LogP contribution < -0.4 is 4.72 Å². The molecule has 132 valence electrons. The van der Waals surface area contributed by atoms with Gasteiger partial charge in [-0.2, -0.15) is 0 Å². The monoisotopic (exact) mass is 397 g/mol. The summed E-state index contributed by atoms with van der Waals surface area (Å²) in [6, 6.07) is 13.7. The van der Waals surface area contributed by atoms with Crippen molar-refractivity contribution in [3.63, 3.8) is 0 Å². The molecule has 0 aliphatic carbocycles. The molecule has 0 radical (unpaired) electrons. The summed E-state index contributed by atoms with van der Waals surface area (Å²) in [5.74, 6) is 0.316. The number of halogens is 1. The highest BCUT2D eigenvalue weighted by Crippen LogP contribution is 2.28. The van der Waals surface area contributed by atoms with Crippen LogP contribution in [-0.4, -0.2) is 13.5 Å². The summed E-state index contributed by atoms with van der Waals surface area (Å²) in [7, 11) is -3.49. The predicted molar refractivity (Wildman–Crippen MR) is 98.0 cm³/mol. The van der Waals surface area contributed by atoms with Gasteiger partial charge >= 0.3 is 0 Å². The van der Waals surface area contributed by atoms with E-state index in [-0.39, 0.29) is 12.3 Å². The molecule has 0 bridgehead atoms. The molecule has 8 heteroatoms. The standard InChI is InChI=1S/C17H16ClNO4S2/c18-13-4-1-3-12(9-13)11-25(21,22)19-10-14-6-7-16(24-14)17(20)15-5-2-8-23-15/h1-9,17,19-20H,10-11H2. The Morgan fingerprint density at radius 3 is 2.76 bits per heavy atom. The summed E-state index contributed by atoms with van der Waals surface area (Å²) in [6.45, 7) is 0.165. The third kappa shape index (κ3) is 4.93. The van der Waals surface area contributed by atoms with Gasteiger partial charge in [0.25, 0.3) is 0 Å². The molecule has 0 amide bonds. The summed E-state index contributed by atoms with van der Waals surface area (Å²) < 4.78 is 32.1. The van der Waals surface area contributed by atoms with Gasteiger partial charge in [0, 0.05) is 21.3 Å². The van der Waals surface area contributed by atoms with E-state index in [4.69, 9.17) is 16.0 Å². The molecule has 1 aromatic carbocycles. The fraction of sp³-hybridized carbons (Fsp3) is 0.176. The van der Waals surface area contributed by atoms with Crippen molar-refractivity contribution in [2.24, 2.45) is 0 Å². The molecule has 2 heterocycles. The van der Waals surface area contributed by atoms with E-state index in [1.165, 1.54) is 17.6 Å². The number of rotatable bonds is 7. The molecule has 3 rings (SSSR count). The van der Waals surface area contributed by atoms with Crippen molar-refractivity contribution in [1.29, 1.82) is 0 Å². The maximum absolute atomic E-state index is 12.2. The SMILES string of the molecule is O=S(=O)(Cc1cccc(Cl)c1)NCc1ccc(C(O)c2ccco2)s1. The molecule has 0 aliphatic rings. The highest BCUT2D eigenvalue weighted by atomic mass is 35.5. The van der Waals surface area contributed by atoms with Crippen LogP contribution >= 0.6 is 22.9 Å². The molecule has 1 unspecified atom stereocenters. The van der Waals surface area contributed by atoms with Crippen LogP contribution in [0.4, 0.5) is 0 Å². The third-order valence-electron chi connectivity index (χ3n) is 3.48. The number of thiophene rings is 1.